The predicted octanol–water partition coefficient (Wildman–Crippen LogP) is 0.976. The number of carbonyl (C=O) groups excluding carboxylic acids is 1. The highest BCUT2D eigenvalue weighted by molar-refractivity contribution is 7.85. The summed E-state index contributed by atoms with van der Waals surface area (Å²) < 4.78 is 41.0. The van der Waals surface area contributed by atoms with E-state index in [1.165, 1.54) is 26.4 Å². The van der Waals surface area contributed by atoms with Gasteiger partial charge in [0.1, 0.15) is 17.2 Å². The van der Waals surface area contributed by atoms with E-state index in [0.29, 0.717) is 11.5 Å². The highest BCUT2D eigenvalue weighted by Gasteiger charge is 2.10. The summed E-state index contributed by atoms with van der Waals surface area (Å²) in [6, 6.07) is 4.65. The van der Waals surface area contributed by atoms with Gasteiger partial charge in [-0.25, -0.2) is 0 Å². The molecule has 0 fully saturated rings. The van der Waals surface area contributed by atoms with Gasteiger partial charge in [-0.1, -0.05) is 0 Å². The zero-order valence-corrected chi connectivity index (χ0v) is 12.2. The lowest BCUT2D eigenvalue weighted by molar-refractivity contribution is -0.134. The number of carbonyl (C=O) groups is 1. The predicted molar refractivity (Wildman–Crippen MR) is 70.6 cm³/mol. The van der Waals surface area contributed by atoms with Crippen molar-refractivity contribution >= 4 is 16.1 Å². The average Bonchev–Trinajstić information content (AvgIpc) is 2.36. The number of ether oxygens (including phenoxy) is 3. The third-order valence-corrected chi connectivity index (χ3v) is 2.76. The maximum atomic E-state index is 11.5. The number of hydrogen-bond donors (Lipinski definition) is 0. The van der Waals surface area contributed by atoms with Crippen molar-refractivity contribution in [2.75, 3.05) is 27.1 Å². The first-order valence-corrected chi connectivity index (χ1v) is 7.44. The summed E-state index contributed by atoms with van der Waals surface area (Å²) in [6.07, 6.45) is 0.720. The van der Waals surface area contributed by atoms with Crippen molar-refractivity contribution in [3.05, 3.63) is 18.2 Å². The molecule has 0 atom stereocenters. The Morgan fingerprint density at radius 3 is 2.00 bits per heavy atom. The molecular formula is C12H16O7S. The Morgan fingerprint density at radius 1 is 1.05 bits per heavy atom. The van der Waals surface area contributed by atoms with Gasteiger partial charge in [0.15, 0.2) is 0 Å². The largest absolute Gasteiger partial charge is 0.496 e. The van der Waals surface area contributed by atoms with Crippen LogP contribution in [-0.4, -0.2) is 41.5 Å². The van der Waals surface area contributed by atoms with Gasteiger partial charge in [0, 0.05) is 18.2 Å². The Kier molecular flexibility index (Phi) is 5.78. The molecule has 0 aromatic heterocycles. The number of benzene rings is 1. The van der Waals surface area contributed by atoms with E-state index in [1.54, 1.807) is 6.07 Å². The second-order valence-corrected chi connectivity index (χ2v) is 5.44. The van der Waals surface area contributed by atoms with Crippen LogP contribution in [0, 0.1) is 0 Å². The highest BCUT2D eigenvalue weighted by atomic mass is 32.2. The normalized spacial score (nSPS) is 10.9. The summed E-state index contributed by atoms with van der Waals surface area (Å²) in [7, 11) is -0.617. The zero-order valence-electron chi connectivity index (χ0n) is 11.4. The van der Waals surface area contributed by atoms with E-state index in [1.807, 2.05) is 0 Å². The van der Waals surface area contributed by atoms with E-state index in [-0.39, 0.29) is 18.8 Å². The molecule has 1 rings (SSSR count). The molecule has 0 spiro atoms. The van der Waals surface area contributed by atoms with Gasteiger partial charge in [0.2, 0.25) is 0 Å². The van der Waals surface area contributed by atoms with E-state index >= 15 is 0 Å². The maximum Gasteiger partial charge on any atom is 0.313 e. The Bertz CT molecular complexity index is 543. The molecule has 0 heterocycles. The van der Waals surface area contributed by atoms with E-state index in [0.717, 1.165) is 6.26 Å². The summed E-state index contributed by atoms with van der Waals surface area (Å²) in [5.74, 6) is 0.564. The molecule has 7 nitrogen and oxygen atoms in total. The Labute approximate surface area is 117 Å². The van der Waals surface area contributed by atoms with Crippen molar-refractivity contribution in [2.24, 2.45) is 0 Å². The van der Waals surface area contributed by atoms with Crippen molar-refractivity contribution in [1.29, 1.82) is 0 Å². The molecule has 0 aliphatic heterocycles. The molecule has 0 saturated carbocycles. The van der Waals surface area contributed by atoms with Crippen LogP contribution in [0.25, 0.3) is 0 Å². The first-order chi connectivity index (χ1) is 9.34. The molecule has 0 aliphatic rings. The SMILES string of the molecule is COc1cc(OC)cc(OC(=O)CCOS(C)(=O)=O)c1. The molecule has 0 unspecified atom stereocenters. The van der Waals surface area contributed by atoms with E-state index in [9.17, 15) is 13.2 Å². The monoisotopic (exact) mass is 304 g/mol. The summed E-state index contributed by atoms with van der Waals surface area (Å²) in [5.41, 5.74) is 0. The molecule has 0 N–H and O–H groups in total. The molecular weight excluding hydrogens is 288 g/mol. The first-order valence-electron chi connectivity index (χ1n) is 5.62. The molecule has 20 heavy (non-hydrogen) atoms. The molecule has 0 amide bonds. The lowest BCUT2D eigenvalue weighted by Gasteiger charge is -2.09. The minimum absolute atomic E-state index is 0.188. The second-order valence-electron chi connectivity index (χ2n) is 3.80. The lowest BCUT2D eigenvalue weighted by Crippen LogP contribution is -2.13. The van der Waals surface area contributed by atoms with Gasteiger partial charge < -0.3 is 14.2 Å². The molecule has 8 heteroatoms. The Balaban J connectivity index is 2.61. The van der Waals surface area contributed by atoms with Crippen LogP contribution in [0.5, 0.6) is 17.2 Å². The molecule has 0 radical (unpaired) electrons. The van der Waals surface area contributed by atoms with Gasteiger partial charge in [-0.2, -0.15) is 8.42 Å². The summed E-state index contributed by atoms with van der Waals surface area (Å²) >= 11 is 0. The zero-order chi connectivity index (χ0) is 15.2. The van der Waals surface area contributed by atoms with Crippen LogP contribution in [0.15, 0.2) is 18.2 Å². The number of rotatable bonds is 7. The van der Waals surface area contributed by atoms with Crippen LogP contribution < -0.4 is 14.2 Å². The van der Waals surface area contributed by atoms with E-state index in [4.69, 9.17) is 14.2 Å². The van der Waals surface area contributed by atoms with Crippen molar-refractivity contribution < 1.29 is 31.6 Å². The molecule has 1 aromatic rings. The summed E-state index contributed by atoms with van der Waals surface area (Å²) in [5, 5.41) is 0. The molecule has 0 saturated heterocycles. The van der Waals surface area contributed by atoms with Crippen LogP contribution >= 0.6 is 0 Å². The van der Waals surface area contributed by atoms with Gasteiger partial charge in [0.05, 0.1) is 33.5 Å². The fraction of sp³-hybridized carbons (Fsp3) is 0.417. The first kappa shape index (κ1) is 16.3. The third kappa shape index (κ3) is 5.89. The fourth-order valence-electron chi connectivity index (χ4n) is 1.30. The third-order valence-electron chi connectivity index (χ3n) is 2.16. The van der Waals surface area contributed by atoms with Gasteiger partial charge in [-0.05, 0) is 0 Å². The average molecular weight is 304 g/mol. The smallest absolute Gasteiger partial charge is 0.313 e. The van der Waals surface area contributed by atoms with Crippen LogP contribution in [0.1, 0.15) is 6.42 Å². The number of methoxy groups -OCH3 is 2. The van der Waals surface area contributed by atoms with Gasteiger partial charge >= 0.3 is 5.97 Å². The van der Waals surface area contributed by atoms with E-state index in [2.05, 4.69) is 4.18 Å². The summed E-state index contributed by atoms with van der Waals surface area (Å²) in [6.45, 7) is -0.265. The van der Waals surface area contributed by atoms with Crippen molar-refractivity contribution in [2.45, 2.75) is 6.42 Å². The molecule has 0 aliphatic carbocycles. The minimum Gasteiger partial charge on any atom is -0.496 e. The lowest BCUT2D eigenvalue weighted by atomic mass is 10.3. The number of hydrogen-bond acceptors (Lipinski definition) is 7. The maximum absolute atomic E-state index is 11.5. The standard InChI is InChI=1S/C12H16O7S/c1-16-9-6-10(17-2)8-11(7-9)19-12(13)4-5-18-20(3,14)15/h6-8H,4-5H2,1-3H3. The van der Waals surface area contributed by atoms with Crippen LogP contribution in [0.4, 0.5) is 0 Å². The van der Waals surface area contributed by atoms with Crippen LogP contribution in [0.2, 0.25) is 0 Å². The minimum atomic E-state index is -3.56. The van der Waals surface area contributed by atoms with Gasteiger partial charge in [0.25, 0.3) is 10.1 Å². The van der Waals surface area contributed by atoms with Crippen molar-refractivity contribution in [1.82, 2.24) is 0 Å². The van der Waals surface area contributed by atoms with Crippen molar-refractivity contribution in [3.63, 3.8) is 0 Å². The van der Waals surface area contributed by atoms with Gasteiger partial charge in [-0.3, -0.25) is 8.98 Å². The van der Waals surface area contributed by atoms with E-state index < -0.39 is 16.1 Å². The highest BCUT2D eigenvalue weighted by Crippen LogP contribution is 2.27. The molecule has 112 valence electrons. The number of esters is 1. The van der Waals surface area contributed by atoms with Crippen LogP contribution in [-0.2, 0) is 19.1 Å². The topological polar surface area (TPSA) is 88.1 Å². The molecule has 1 aromatic carbocycles. The fourth-order valence-corrected chi connectivity index (χ4v) is 1.69. The second kappa shape index (κ2) is 7.11. The quantitative estimate of drug-likeness (QED) is 0.421. The Morgan fingerprint density at radius 2 is 1.55 bits per heavy atom. The van der Waals surface area contributed by atoms with Crippen LogP contribution in [0.3, 0.4) is 0 Å². The molecule has 0 bridgehead atoms. The van der Waals surface area contributed by atoms with Gasteiger partial charge in [-0.15, -0.1) is 0 Å². The summed E-state index contributed by atoms with van der Waals surface area (Å²) in [4.78, 5) is 11.5. The Hall–Kier alpha value is -1.80. The van der Waals surface area contributed by atoms with Crippen molar-refractivity contribution in [3.8, 4) is 17.2 Å².